The minimum absolute atomic E-state index is 0.0451. The number of Topliss-reactive ketones (excluding diaryl/α,β-unsaturated/α-hetero) is 2. The van der Waals surface area contributed by atoms with Gasteiger partial charge in [-0.2, -0.15) is 0 Å². The van der Waals surface area contributed by atoms with Gasteiger partial charge in [-0.1, -0.05) is 59.1 Å². The Morgan fingerprint density at radius 2 is 1.35 bits per heavy atom. The number of nitrogens with two attached hydrogens (primary N) is 2. The number of carboxylic acids is 1. The minimum Gasteiger partial charge on any atom is -0.480 e. The molecule has 0 radical (unpaired) electrons. The van der Waals surface area contributed by atoms with Crippen LogP contribution in [0.2, 0.25) is 0 Å². The first-order chi connectivity index (χ1) is 32.9. The predicted octanol–water partition coefficient (Wildman–Crippen LogP) is 4.11. The molecular weight excluding hydrogens is 903 g/mol. The molecule has 23 nitrogen and oxygen atoms in total. The molecule has 2 rings (SSSR count). The monoisotopic (exact) mass is 972 g/mol. The molecule has 25 heteroatoms. The van der Waals surface area contributed by atoms with Crippen LogP contribution in [-0.4, -0.2) is 124 Å². The Morgan fingerprint density at radius 3 is 1.80 bits per heavy atom. The second-order valence-corrected chi connectivity index (χ2v) is 15.8. The quantitative estimate of drug-likeness (QED) is 0.0199. The second kappa shape index (κ2) is 40.1. The maximum absolute atomic E-state index is 13.1. The summed E-state index contributed by atoms with van der Waals surface area (Å²) in [5, 5.41) is 33.1. The second-order valence-electron chi connectivity index (χ2n) is 15.8. The molecular formula is C44H69F2N15O8. The number of aryl methyl sites for hydroxylation is 1. The maximum atomic E-state index is 13.1. The lowest BCUT2D eigenvalue weighted by Crippen LogP contribution is -2.44. The van der Waals surface area contributed by atoms with Gasteiger partial charge in [0, 0.05) is 47.6 Å². The highest BCUT2D eigenvalue weighted by molar-refractivity contribution is 5.98. The van der Waals surface area contributed by atoms with Gasteiger partial charge in [0.15, 0.2) is 17.3 Å². The van der Waals surface area contributed by atoms with E-state index in [4.69, 9.17) is 29.0 Å². The fourth-order valence-corrected chi connectivity index (χ4v) is 5.44. The highest BCUT2D eigenvalue weighted by Gasteiger charge is 2.26. The van der Waals surface area contributed by atoms with Crippen LogP contribution < -0.4 is 32.7 Å². The molecule has 2 aromatic rings. The molecule has 382 valence electrons. The number of hydrogen-bond donors (Lipinski definition) is 7. The zero-order valence-electron chi connectivity index (χ0n) is 39.9. The van der Waals surface area contributed by atoms with E-state index in [9.17, 15) is 47.4 Å². The summed E-state index contributed by atoms with van der Waals surface area (Å²) >= 11 is 0. The molecule has 4 amide bonds. The van der Waals surface area contributed by atoms with Crippen molar-refractivity contribution >= 4 is 41.2 Å². The number of carbonyl (C=O) groups excluding carboxylic acids is 6. The van der Waals surface area contributed by atoms with Gasteiger partial charge < -0.3 is 37.8 Å². The number of benzene rings is 1. The molecule has 1 aromatic carbocycles. The van der Waals surface area contributed by atoms with Crippen LogP contribution in [0.15, 0.2) is 46.8 Å². The van der Waals surface area contributed by atoms with Gasteiger partial charge in [-0.3, -0.25) is 33.2 Å². The average molecular weight is 972 g/mol. The Balaban J connectivity index is 0. The SMILES string of the molecule is C#CC(=O)N[C@@H](CCCCN)C(=O)CCC(=O)N[C@@H](Cc1ccccc1)C(=O)CCC(=O)N[C@@H](CCCCN)C(=O)O.CC(C)(C)NC(=O)c1cn(CC[18F])nn1.CCCN=[N+]=[N-].[N-]=[N+]=NCC[18F]. The van der Waals surface area contributed by atoms with Crippen molar-refractivity contribution in [3.8, 4) is 12.3 Å². The van der Waals surface area contributed by atoms with E-state index in [2.05, 4.69) is 51.6 Å². The Morgan fingerprint density at radius 1 is 0.812 bits per heavy atom. The first kappa shape index (κ1) is 64.1. The molecule has 0 saturated heterocycles. The van der Waals surface area contributed by atoms with Gasteiger partial charge in [0.1, 0.15) is 12.7 Å². The van der Waals surface area contributed by atoms with Gasteiger partial charge in [-0.05, 0) is 101 Å². The summed E-state index contributed by atoms with van der Waals surface area (Å²) < 4.78 is 24.2. The number of alkyl halides is 2. The zero-order chi connectivity index (χ0) is 52.5. The number of nitrogens with one attached hydrogen (secondary N) is 4. The molecule has 9 N–H and O–H groups in total. The average Bonchev–Trinajstić information content (AvgIpc) is 3.80. The number of halogens is 2. The topological polar surface area (TPSA) is 368 Å². The van der Waals surface area contributed by atoms with Crippen LogP contribution in [0.25, 0.3) is 20.9 Å². The third-order valence-electron chi connectivity index (χ3n) is 8.76. The summed E-state index contributed by atoms with van der Waals surface area (Å²) in [4.78, 5) is 90.6. The number of unbranched alkanes of at least 4 members (excludes halogenated alkanes) is 2. The van der Waals surface area contributed by atoms with Crippen molar-refractivity contribution in [1.29, 1.82) is 0 Å². The van der Waals surface area contributed by atoms with Crippen LogP contribution in [-0.2, 0) is 41.7 Å². The van der Waals surface area contributed by atoms with Gasteiger partial charge in [0.25, 0.3) is 11.8 Å². The number of aromatic nitrogens is 3. The van der Waals surface area contributed by atoms with Gasteiger partial charge >= 0.3 is 5.97 Å². The summed E-state index contributed by atoms with van der Waals surface area (Å²) in [5.41, 5.74) is 26.8. The summed E-state index contributed by atoms with van der Waals surface area (Å²) in [6.07, 6.45) is 9.71. The third-order valence-corrected chi connectivity index (χ3v) is 8.76. The number of carbonyl (C=O) groups is 7. The molecule has 1 heterocycles. The standard InChI is InChI=1S/C30H43N5O7.C9H15FN4O.C3H7N3.C2H4FN3/c1-2-27(38)33-22(12-6-8-18-31)25(36)14-16-29(40)35-24(20-21-10-4-3-5-11-21)26(37)15-17-28(39)34-23(30(41)42)13-7-9-19-32;1-9(2,3)11-8(15)7-6-14(5-4-10)13-12-7;1-2-3-5-6-4;3-1-2-5-6-4/h1,3-5,10-11,22-24H,6-9,12-20,31-32H2,(H,33,38)(H,34,39)(H,35,40)(H,41,42);6H,4-5H2,1-3H3,(H,11,15);2-3H2,1H3;1-2H2/t22-,23-,24-;;;/m0.../s1/i;10-1;;3-1. The van der Waals surface area contributed by atoms with Crippen molar-refractivity contribution in [1.82, 2.24) is 36.3 Å². The van der Waals surface area contributed by atoms with Crippen LogP contribution in [0.3, 0.4) is 0 Å². The smallest absolute Gasteiger partial charge is 0.326 e. The molecule has 0 aliphatic carbocycles. The minimum atomic E-state index is -1.17. The summed E-state index contributed by atoms with van der Waals surface area (Å²) in [6.45, 7) is 8.03. The van der Waals surface area contributed by atoms with Crippen LogP contribution in [0.4, 0.5) is 8.78 Å². The fraction of sp³-hybridized carbons (Fsp3) is 0.614. The Hall–Kier alpha value is -6.99. The Kier molecular flexibility index (Phi) is 37.3. The largest absolute Gasteiger partial charge is 0.480 e. The number of aliphatic carboxylic acids is 1. The first-order valence-corrected chi connectivity index (χ1v) is 22.3. The molecule has 0 fully saturated rings. The number of nitrogens with zero attached hydrogens (tertiary/aromatic N) is 9. The predicted molar refractivity (Wildman–Crippen MR) is 254 cm³/mol. The molecule has 3 atom stereocenters. The molecule has 0 saturated carbocycles. The number of azide groups is 2. The molecule has 0 unspecified atom stereocenters. The van der Waals surface area contributed by atoms with E-state index in [1.807, 2.05) is 39.7 Å². The normalized spacial score (nSPS) is 11.4. The summed E-state index contributed by atoms with van der Waals surface area (Å²) in [6, 6.07) is 6.07. The van der Waals surface area contributed by atoms with E-state index >= 15 is 0 Å². The first-order valence-electron chi connectivity index (χ1n) is 22.3. The lowest BCUT2D eigenvalue weighted by molar-refractivity contribution is -0.142. The number of terminal acetylenes is 1. The van der Waals surface area contributed by atoms with E-state index in [0.29, 0.717) is 51.7 Å². The summed E-state index contributed by atoms with van der Waals surface area (Å²) in [7, 11) is 0. The van der Waals surface area contributed by atoms with E-state index in [0.717, 1.165) is 12.0 Å². The van der Waals surface area contributed by atoms with Crippen molar-refractivity contribution in [2.24, 2.45) is 21.7 Å². The fourth-order valence-electron chi connectivity index (χ4n) is 5.44. The number of hydrogen-bond acceptors (Lipinski definition) is 13. The van der Waals surface area contributed by atoms with Crippen molar-refractivity contribution in [2.45, 2.75) is 135 Å². The molecule has 0 aliphatic rings. The van der Waals surface area contributed by atoms with Gasteiger partial charge in [0.2, 0.25) is 11.8 Å². The highest BCUT2D eigenvalue weighted by Crippen LogP contribution is 2.11. The Labute approximate surface area is 401 Å². The number of ketones is 2. The van der Waals surface area contributed by atoms with Crippen LogP contribution >= 0.6 is 0 Å². The third kappa shape index (κ3) is 34.9. The number of carboxylic acid groups (broad SMARTS) is 1. The molecule has 0 bridgehead atoms. The van der Waals surface area contributed by atoms with Gasteiger partial charge in [-0.15, -0.1) is 11.5 Å². The molecule has 69 heavy (non-hydrogen) atoms. The van der Waals surface area contributed by atoms with Crippen LogP contribution in [0, 0.1) is 12.3 Å². The Bertz CT molecular complexity index is 1960. The van der Waals surface area contributed by atoms with E-state index in [1.165, 1.54) is 10.9 Å². The maximum Gasteiger partial charge on any atom is 0.326 e. The highest BCUT2D eigenvalue weighted by atomic mass is 18.2. The van der Waals surface area contributed by atoms with Crippen molar-refractivity contribution in [3.05, 3.63) is 68.7 Å². The molecule has 0 aliphatic heterocycles. The van der Waals surface area contributed by atoms with E-state index in [-0.39, 0.29) is 74.5 Å². The molecule has 1 aromatic heterocycles. The van der Waals surface area contributed by atoms with Crippen LogP contribution in [0.5, 0.6) is 0 Å². The lowest BCUT2D eigenvalue weighted by Gasteiger charge is -2.19. The zero-order valence-corrected chi connectivity index (χ0v) is 39.9. The van der Waals surface area contributed by atoms with Crippen molar-refractivity contribution in [2.75, 3.05) is 39.5 Å². The summed E-state index contributed by atoms with van der Waals surface area (Å²) in [5.74, 6) is -2.20. The van der Waals surface area contributed by atoms with Gasteiger partial charge in [0.05, 0.1) is 38.0 Å². The van der Waals surface area contributed by atoms with Crippen molar-refractivity contribution in [3.63, 3.8) is 0 Å². The number of rotatable bonds is 29. The van der Waals surface area contributed by atoms with E-state index < -0.39 is 60.9 Å². The van der Waals surface area contributed by atoms with Crippen LogP contribution in [0.1, 0.15) is 114 Å². The lowest BCUT2D eigenvalue weighted by atomic mass is 9.98. The van der Waals surface area contributed by atoms with E-state index in [1.54, 1.807) is 24.3 Å². The number of amides is 4. The van der Waals surface area contributed by atoms with Gasteiger partial charge in [-0.25, -0.2) is 13.9 Å². The molecule has 0 spiro atoms. The van der Waals surface area contributed by atoms with Crippen molar-refractivity contribution < 1.29 is 47.4 Å².